The number of hydrogen-bond acceptors (Lipinski definition) is 10. The molecule has 0 spiro atoms. The van der Waals surface area contributed by atoms with E-state index in [1.807, 2.05) is 6.08 Å². The Morgan fingerprint density at radius 2 is 0.641 bits per heavy atom. The summed E-state index contributed by atoms with van der Waals surface area (Å²) in [6.45, 7) is 4.19. The fourth-order valence-electron chi connectivity index (χ4n) is 7.34. The highest BCUT2D eigenvalue weighted by atomic mass is 31.2. The number of ether oxygens (including phenoxy) is 3. The van der Waals surface area contributed by atoms with Gasteiger partial charge in [0.25, 0.3) is 0 Å². The molecule has 0 rings (SSSR count). The Morgan fingerprint density at radius 1 is 0.359 bits per heavy atom. The molecule has 0 radical (unpaired) electrons. The Hall–Kier alpha value is -4.64. The second-order valence-electron chi connectivity index (χ2n) is 19.0. The molecule has 78 heavy (non-hydrogen) atoms. The highest BCUT2D eigenvalue weighted by Gasteiger charge is 2.28. The predicted octanol–water partition coefficient (Wildman–Crippen LogP) is 17.9. The molecule has 0 bridgehead atoms. The molecule has 0 aromatic heterocycles. The lowest BCUT2D eigenvalue weighted by Crippen LogP contribution is -2.30. The lowest BCUT2D eigenvalue weighted by atomic mass is 10.1. The standard InChI is InChI=1S/C66H105O11P/c1-4-7-10-13-16-19-22-25-28-30-31-33-36-39-42-45-48-51-54-57-66(70)77-63(59-73-64(68)55-52-49-46-43-40-37-35-32-29-26-23-20-17-14-11-8-5-2)61-75-78(71,72)74-60-62(58-67)76-65(69)56-53-50-47-44-41-38-34-27-24-21-18-15-12-9-6-3/h7-12,16-21,25-29,31,33-35,37,43,46,62-63,67H,4-6,13-15,22-24,30,32,36,38-42,44-45,47-61H2,1-3H3,(H,71,72)/b10-7-,11-8-,12-9-,19-16-,20-17-,21-18-,28-25-,29-26-,33-31-,34-27-,37-35-,46-43-. The van der Waals surface area contributed by atoms with Crippen LogP contribution < -0.4 is 0 Å². The van der Waals surface area contributed by atoms with Crippen molar-refractivity contribution in [1.82, 2.24) is 0 Å². The molecule has 0 aromatic rings. The van der Waals surface area contributed by atoms with Crippen LogP contribution in [0.1, 0.15) is 213 Å². The van der Waals surface area contributed by atoms with E-state index in [-0.39, 0.29) is 25.9 Å². The monoisotopic (exact) mass is 1100 g/mol. The summed E-state index contributed by atoms with van der Waals surface area (Å²) in [5.74, 6) is -1.59. The van der Waals surface area contributed by atoms with Crippen molar-refractivity contribution in [2.45, 2.75) is 226 Å². The Kier molecular flexibility index (Phi) is 55.0. The zero-order valence-electron chi connectivity index (χ0n) is 48.6. The smallest absolute Gasteiger partial charge is 0.462 e. The van der Waals surface area contributed by atoms with E-state index in [2.05, 4.69) is 161 Å². The summed E-state index contributed by atoms with van der Waals surface area (Å²) in [7, 11) is -4.78. The summed E-state index contributed by atoms with van der Waals surface area (Å²) in [4.78, 5) is 48.6. The molecular weight excluding hydrogens is 1000 g/mol. The van der Waals surface area contributed by atoms with Gasteiger partial charge in [-0.25, -0.2) is 4.57 Å². The quantitative estimate of drug-likeness (QED) is 0.0197. The van der Waals surface area contributed by atoms with Gasteiger partial charge in [-0.1, -0.05) is 212 Å². The van der Waals surface area contributed by atoms with Crippen LogP contribution in [0.3, 0.4) is 0 Å². The number of carbonyl (C=O) groups is 3. The number of aliphatic hydroxyl groups is 1. The van der Waals surface area contributed by atoms with Gasteiger partial charge in [-0.05, 0) is 128 Å². The summed E-state index contributed by atoms with van der Waals surface area (Å²) in [6, 6.07) is 0. The van der Waals surface area contributed by atoms with Crippen molar-refractivity contribution in [2.75, 3.05) is 26.4 Å². The van der Waals surface area contributed by atoms with Crippen molar-refractivity contribution in [3.05, 3.63) is 146 Å². The number of aliphatic hydroxyl groups excluding tert-OH is 1. The van der Waals surface area contributed by atoms with E-state index in [1.54, 1.807) is 0 Å². The summed E-state index contributed by atoms with van der Waals surface area (Å²) in [6.07, 6.45) is 75.2. The molecule has 0 aromatic carbocycles. The summed E-state index contributed by atoms with van der Waals surface area (Å²) in [5.41, 5.74) is 0. The molecule has 0 fully saturated rings. The number of phosphoric ester groups is 1. The van der Waals surface area contributed by atoms with E-state index in [0.29, 0.717) is 25.7 Å². The molecule has 440 valence electrons. The SMILES string of the molecule is CC/C=C\C/C=C\C/C=C\C/C=C\C/C=C\CCCC(=O)OCC(COP(=O)(O)OCC(CO)OC(=O)CCCCCCC/C=C\C/C=C\C/C=C\CC)OC(=O)CCCCCCCC/C=C\C/C=C\C/C=C\C/C=C\CC. The van der Waals surface area contributed by atoms with Crippen LogP contribution in [0.2, 0.25) is 0 Å². The predicted molar refractivity (Wildman–Crippen MR) is 325 cm³/mol. The molecule has 0 aliphatic carbocycles. The van der Waals surface area contributed by atoms with Crippen LogP contribution in [0.25, 0.3) is 0 Å². The third-order valence-corrected chi connectivity index (χ3v) is 12.7. The van der Waals surface area contributed by atoms with Gasteiger partial charge in [-0.2, -0.15) is 0 Å². The minimum absolute atomic E-state index is 0.129. The molecule has 0 saturated heterocycles. The van der Waals surface area contributed by atoms with E-state index in [9.17, 15) is 28.9 Å². The highest BCUT2D eigenvalue weighted by molar-refractivity contribution is 7.47. The van der Waals surface area contributed by atoms with E-state index in [1.165, 1.54) is 0 Å². The minimum Gasteiger partial charge on any atom is -0.462 e. The maximum absolute atomic E-state index is 12.9. The topological polar surface area (TPSA) is 155 Å². The van der Waals surface area contributed by atoms with Crippen LogP contribution in [0.5, 0.6) is 0 Å². The molecule has 0 saturated carbocycles. The number of esters is 3. The maximum atomic E-state index is 12.9. The van der Waals surface area contributed by atoms with E-state index >= 15 is 0 Å². The third-order valence-electron chi connectivity index (χ3n) is 11.7. The Balaban J connectivity index is 4.87. The molecule has 12 heteroatoms. The van der Waals surface area contributed by atoms with Gasteiger partial charge in [0.05, 0.1) is 19.8 Å². The number of unbranched alkanes of at least 4 members (excludes halogenated alkanes) is 12. The first-order valence-corrected chi connectivity index (χ1v) is 31.2. The molecule has 3 atom stereocenters. The van der Waals surface area contributed by atoms with Crippen molar-refractivity contribution in [1.29, 1.82) is 0 Å². The number of phosphoric acid groups is 1. The third kappa shape index (κ3) is 56.1. The highest BCUT2D eigenvalue weighted by Crippen LogP contribution is 2.43. The van der Waals surface area contributed by atoms with Crippen LogP contribution in [-0.4, -0.2) is 66.5 Å². The van der Waals surface area contributed by atoms with Crippen molar-refractivity contribution in [2.24, 2.45) is 0 Å². The minimum atomic E-state index is -4.78. The Labute approximate surface area is 473 Å². The van der Waals surface area contributed by atoms with Crippen molar-refractivity contribution in [3.63, 3.8) is 0 Å². The van der Waals surface area contributed by atoms with Gasteiger partial charge >= 0.3 is 25.7 Å². The van der Waals surface area contributed by atoms with Crippen molar-refractivity contribution in [3.8, 4) is 0 Å². The summed E-state index contributed by atoms with van der Waals surface area (Å²) >= 11 is 0. The van der Waals surface area contributed by atoms with Crippen LogP contribution >= 0.6 is 7.82 Å². The van der Waals surface area contributed by atoms with Gasteiger partial charge < -0.3 is 24.2 Å². The van der Waals surface area contributed by atoms with Gasteiger partial charge in [-0.15, -0.1) is 0 Å². The molecule has 3 unspecified atom stereocenters. The van der Waals surface area contributed by atoms with E-state index in [4.69, 9.17) is 23.3 Å². The maximum Gasteiger partial charge on any atom is 0.472 e. The fourth-order valence-corrected chi connectivity index (χ4v) is 8.12. The summed E-state index contributed by atoms with van der Waals surface area (Å²) < 4.78 is 39.5. The summed E-state index contributed by atoms with van der Waals surface area (Å²) in [5, 5.41) is 9.83. The largest absolute Gasteiger partial charge is 0.472 e. The van der Waals surface area contributed by atoms with Gasteiger partial charge in [0.15, 0.2) is 6.10 Å². The molecular formula is C66H105O11P. The zero-order valence-corrected chi connectivity index (χ0v) is 49.5. The van der Waals surface area contributed by atoms with Gasteiger partial charge in [-0.3, -0.25) is 23.4 Å². The molecule has 0 heterocycles. The number of hydrogen-bond donors (Lipinski definition) is 2. The van der Waals surface area contributed by atoms with Crippen LogP contribution in [0.4, 0.5) is 0 Å². The Bertz CT molecular complexity index is 1860. The van der Waals surface area contributed by atoms with Crippen LogP contribution in [0.15, 0.2) is 146 Å². The van der Waals surface area contributed by atoms with Crippen LogP contribution in [-0.2, 0) is 42.2 Å². The lowest BCUT2D eigenvalue weighted by molar-refractivity contribution is -0.161. The molecule has 0 aliphatic heterocycles. The van der Waals surface area contributed by atoms with Crippen molar-refractivity contribution >= 4 is 25.7 Å². The normalized spacial score (nSPS) is 14.4. The number of allylic oxidation sites excluding steroid dienone is 24. The average Bonchev–Trinajstić information content (AvgIpc) is 3.43. The molecule has 0 amide bonds. The Morgan fingerprint density at radius 3 is 1.00 bits per heavy atom. The second-order valence-corrected chi connectivity index (χ2v) is 20.5. The second kappa shape index (κ2) is 58.5. The molecule has 11 nitrogen and oxygen atoms in total. The lowest BCUT2D eigenvalue weighted by Gasteiger charge is -2.21. The van der Waals surface area contributed by atoms with E-state index < -0.39 is 57.8 Å². The first-order valence-electron chi connectivity index (χ1n) is 29.7. The van der Waals surface area contributed by atoms with Gasteiger partial charge in [0, 0.05) is 19.3 Å². The van der Waals surface area contributed by atoms with E-state index in [0.717, 1.165) is 148 Å². The zero-order chi connectivity index (χ0) is 56.9. The number of rotatable bonds is 53. The van der Waals surface area contributed by atoms with Gasteiger partial charge in [0.2, 0.25) is 0 Å². The number of carbonyl (C=O) groups excluding carboxylic acids is 3. The first-order chi connectivity index (χ1) is 38.2. The average molecular weight is 1110 g/mol. The molecule has 2 N–H and O–H groups in total. The van der Waals surface area contributed by atoms with Gasteiger partial charge in [0.1, 0.15) is 12.7 Å². The fraction of sp³-hybridized carbons (Fsp3) is 0.591. The van der Waals surface area contributed by atoms with Crippen molar-refractivity contribution < 1.29 is 52.2 Å². The molecule has 0 aliphatic rings. The van der Waals surface area contributed by atoms with Crippen LogP contribution in [0, 0.1) is 0 Å². The first kappa shape index (κ1) is 73.4.